The summed E-state index contributed by atoms with van der Waals surface area (Å²) in [6.07, 6.45) is -1.74. The minimum Gasteiger partial charge on any atom is -0.456 e. The van der Waals surface area contributed by atoms with Gasteiger partial charge in [-0.2, -0.15) is 0 Å². The Morgan fingerprint density at radius 2 is 1.76 bits per heavy atom. The lowest BCUT2D eigenvalue weighted by atomic mass is 9.91. The zero-order valence-corrected chi connectivity index (χ0v) is 19.6. The highest BCUT2D eigenvalue weighted by molar-refractivity contribution is 5.90. The van der Waals surface area contributed by atoms with E-state index in [4.69, 9.17) is 19.9 Å². The predicted octanol–water partition coefficient (Wildman–Crippen LogP) is 2.98. The molecule has 0 bridgehead atoms. The van der Waals surface area contributed by atoms with E-state index < -0.39 is 54.5 Å². The number of carbonyl (C=O) groups excluding carboxylic acids is 3. The fourth-order valence-corrected chi connectivity index (χ4v) is 4.06. The number of halogens is 1. The molecular weight excluding hydrogens is 487 g/mol. The summed E-state index contributed by atoms with van der Waals surface area (Å²) >= 11 is 0. The monoisotopic (exact) mass is 510 g/mol. The van der Waals surface area contributed by atoms with Gasteiger partial charge in [0.1, 0.15) is 5.54 Å². The minimum atomic E-state index is -3.02. The fraction of sp³-hybridized carbons (Fsp3) is 0.292. The molecule has 4 rings (SSSR count). The number of hydrogen-bond donors (Lipinski definition) is 2. The van der Waals surface area contributed by atoms with E-state index in [0.29, 0.717) is 0 Å². The maximum atomic E-state index is 16.6. The zero-order valence-electron chi connectivity index (χ0n) is 19.6. The zero-order chi connectivity index (χ0) is 26.6. The highest BCUT2D eigenvalue weighted by Crippen LogP contribution is 2.46. The summed E-state index contributed by atoms with van der Waals surface area (Å²) in [6.45, 7) is 0.218. The Morgan fingerprint density at radius 1 is 1.16 bits per heavy atom. The number of urea groups is 1. The van der Waals surface area contributed by atoms with Gasteiger partial charge in [-0.05, 0) is 42.8 Å². The van der Waals surface area contributed by atoms with Crippen molar-refractivity contribution < 1.29 is 33.0 Å². The molecule has 0 aromatic heterocycles. The molecule has 0 spiro atoms. The molecule has 2 heterocycles. The van der Waals surface area contributed by atoms with Gasteiger partial charge in [-0.15, -0.1) is 0 Å². The van der Waals surface area contributed by atoms with Crippen LogP contribution in [0.1, 0.15) is 27.6 Å². The number of ether oxygens (including phenoxy) is 3. The standard InChI is InChI=1S/C24H23FN6O6/c1-23(29-30-27)20(36-19(33)16-10-6-3-7-11-16)24(25,14-35-18(32)15-8-4-2-5-9-15)37-21(23)31-13-12-17(26)28-22(31)34/h2-13,17,20-21H,14,26H2,1H3,(H,28,34)/t17?,20-,21+,23+,24+/m0/s1. The van der Waals surface area contributed by atoms with E-state index in [1.807, 2.05) is 0 Å². The van der Waals surface area contributed by atoms with Crippen LogP contribution in [0.25, 0.3) is 10.4 Å². The van der Waals surface area contributed by atoms with E-state index in [0.717, 1.165) is 4.90 Å². The minimum absolute atomic E-state index is 0.0828. The molecule has 13 heteroatoms. The number of esters is 2. The smallest absolute Gasteiger partial charge is 0.338 e. The maximum Gasteiger partial charge on any atom is 0.338 e. The summed E-state index contributed by atoms with van der Waals surface area (Å²) in [4.78, 5) is 41.8. The van der Waals surface area contributed by atoms with Gasteiger partial charge in [0.25, 0.3) is 5.85 Å². The molecular formula is C24H23FN6O6. The molecule has 37 heavy (non-hydrogen) atoms. The van der Waals surface area contributed by atoms with Crippen molar-refractivity contribution in [1.29, 1.82) is 0 Å². The Bertz CT molecular complexity index is 1260. The molecule has 2 amide bonds. The molecule has 2 aromatic carbocycles. The third kappa shape index (κ3) is 5.09. The molecule has 3 N–H and O–H groups in total. The highest BCUT2D eigenvalue weighted by atomic mass is 19.2. The SMILES string of the molecule is C[C@]1(N=[N+]=[N-])[C@H](N2C=CC(N)NC2=O)O[C@](F)(COC(=O)c2ccccc2)[C@H]1OC(=O)c1ccccc1. The molecule has 1 saturated heterocycles. The van der Waals surface area contributed by atoms with Gasteiger partial charge in [-0.3, -0.25) is 4.90 Å². The van der Waals surface area contributed by atoms with E-state index in [2.05, 4.69) is 15.3 Å². The summed E-state index contributed by atoms with van der Waals surface area (Å²) in [5.41, 5.74) is 13.2. The topological polar surface area (TPSA) is 169 Å². The van der Waals surface area contributed by atoms with Crippen molar-refractivity contribution in [1.82, 2.24) is 10.2 Å². The van der Waals surface area contributed by atoms with Crippen molar-refractivity contribution in [3.63, 3.8) is 0 Å². The average Bonchev–Trinajstić information content (AvgIpc) is 3.10. The fourth-order valence-electron chi connectivity index (χ4n) is 4.06. The molecule has 12 nitrogen and oxygen atoms in total. The largest absolute Gasteiger partial charge is 0.456 e. The number of azide groups is 1. The lowest BCUT2D eigenvalue weighted by Gasteiger charge is -2.36. The Kier molecular flexibility index (Phi) is 7.11. The lowest BCUT2D eigenvalue weighted by Crippen LogP contribution is -2.58. The number of alkyl halides is 1. The Balaban J connectivity index is 1.71. The third-order valence-electron chi connectivity index (χ3n) is 5.87. The first-order chi connectivity index (χ1) is 17.7. The Morgan fingerprint density at radius 3 is 2.32 bits per heavy atom. The van der Waals surface area contributed by atoms with E-state index in [1.165, 1.54) is 43.5 Å². The van der Waals surface area contributed by atoms with Gasteiger partial charge in [-0.25, -0.2) is 18.8 Å². The molecule has 2 aliphatic rings. The first-order valence-electron chi connectivity index (χ1n) is 11.1. The second kappa shape index (κ2) is 10.3. The van der Waals surface area contributed by atoms with Gasteiger partial charge >= 0.3 is 18.0 Å². The molecule has 0 radical (unpaired) electrons. The molecule has 1 fully saturated rings. The van der Waals surface area contributed by atoms with Crippen LogP contribution in [0.2, 0.25) is 0 Å². The van der Waals surface area contributed by atoms with Gasteiger partial charge in [0.2, 0.25) is 0 Å². The van der Waals surface area contributed by atoms with Crippen molar-refractivity contribution in [3.05, 3.63) is 94.5 Å². The quantitative estimate of drug-likeness (QED) is 0.250. The number of hydrogen-bond acceptors (Lipinski definition) is 8. The Hall–Kier alpha value is -4.45. The molecule has 2 aromatic rings. The predicted molar refractivity (Wildman–Crippen MR) is 126 cm³/mol. The second-order valence-electron chi connectivity index (χ2n) is 8.49. The molecule has 0 aliphatic carbocycles. The molecule has 5 atom stereocenters. The molecule has 192 valence electrons. The molecule has 0 saturated carbocycles. The summed E-state index contributed by atoms with van der Waals surface area (Å²) in [6, 6.07) is 14.7. The van der Waals surface area contributed by atoms with Crippen LogP contribution in [0.15, 0.2) is 78.1 Å². The number of benzene rings is 2. The van der Waals surface area contributed by atoms with Gasteiger partial charge in [0.05, 0.1) is 17.3 Å². The van der Waals surface area contributed by atoms with Gasteiger partial charge in [0, 0.05) is 11.1 Å². The summed E-state index contributed by atoms with van der Waals surface area (Å²) in [7, 11) is 0. The van der Waals surface area contributed by atoms with Crippen LogP contribution in [0.3, 0.4) is 0 Å². The van der Waals surface area contributed by atoms with Gasteiger partial charge in [0.15, 0.2) is 18.9 Å². The Labute approximate surface area is 210 Å². The average molecular weight is 510 g/mol. The van der Waals surface area contributed by atoms with Crippen molar-refractivity contribution in [3.8, 4) is 0 Å². The third-order valence-corrected chi connectivity index (χ3v) is 5.87. The van der Waals surface area contributed by atoms with Gasteiger partial charge in [-0.1, -0.05) is 41.5 Å². The summed E-state index contributed by atoms with van der Waals surface area (Å²) < 4.78 is 32.8. The number of carbonyl (C=O) groups is 3. The van der Waals surface area contributed by atoms with E-state index in [1.54, 1.807) is 36.4 Å². The van der Waals surface area contributed by atoms with Crippen molar-refractivity contribution >= 4 is 18.0 Å². The van der Waals surface area contributed by atoms with Gasteiger partial charge < -0.3 is 25.3 Å². The summed E-state index contributed by atoms with van der Waals surface area (Å²) in [5, 5.41) is 6.10. The molecule has 1 unspecified atom stereocenters. The van der Waals surface area contributed by atoms with E-state index in [9.17, 15) is 19.9 Å². The normalized spacial score (nSPS) is 28.7. The number of amides is 2. The van der Waals surface area contributed by atoms with E-state index >= 15 is 4.39 Å². The lowest BCUT2D eigenvalue weighted by molar-refractivity contribution is -0.208. The van der Waals surface area contributed by atoms with Crippen LogP contribution in [-0.2, 0) is 14.2 Å². The number of rotatable bonds is 7. The number of nitrogens with two attached hydrogens (primary N) is 1. The molecule has 2 aliphatic heterocycles. The van der Waals surface area contributed by atoms with Crippen LogP contribution in [0.4, 0.5) is 9.18 Å². The van der Waals surface area contributed by atoms with Crippen molar-refractivity contribution in [2.24, 2.45) is 10.8 Å². The second-order valence-corrected chi connectivity index (χ2v) is 8.49. The first kappa shape index (κ1) is 25.6. The van der Waals surface area contributed by atoms with E-state index in [-0.39, 0.29) is 11.1 Å². The van der Waals surface area contributed by atoms with Crippen LogP contribution < -0.4 is 11.1 Å². The first-order valence-corrected chi connectivity index (χ1v) is 11.1. The van der Waals surface area contributed by atoms with Crippen molar-refractivity contribution in [2.75, 3.05) is 6.61 Å². The maximum absolute atomic E-state index is 16.6. The van der Waals surface area contributed by atoms with Crippen LogP contribution >= 0.6 is 0 Å². The number of nitrogens with one attached hydrogen (secondary N) is 1. The van der Waals surface area contributed by atoms with Crippen LogP contribution in [0, 0.1) is 0 Å². The number of nitrogens with zero attached hydrogens (tertiary/aromatic N) is 4. The summed E-state index contributed by atoms with van der Waals surface area (Å²) in [5.74, 6) is -4.84. The highest BCUT2D eigenvalue weighted by Gasteiger charge is 2.68. The van der Waals surface area contributed by atoms with Crippen molar-refractivity contribution in [2.45, 2.75) is 36.8 Å². The van der Waals surface area contributed by atoms with Crippen LogP contribution in [-0.4, -0.2) is 59.4 Å². The van der Waals surface area contributed by atoms with Crippen LogP contribution in [0.5, 0.6) is 0 Å².